The molecule has 1 aromatic carbocycles. The van der Waals surface area contributed by atoms with Crippen molar-refractivity contribution in [1.29, 1.82) is 0 Å². The number of hydrogen-bond acceptors (Lipinski definition) is 3. The first-order valence-electron chi connectivity index (χ1n) is 6.27. The fraction of sp³-hybridized carbons (Fsp3) is 0.500. The van der Waals surface area contributed by atoms with Gasteiger partial charge in [-0.1, -0.05) is 12.1 Å². The first-order chi connectivity index (χ1) is 8.52. The van der Waals surface area contributed by atoms with Crippen molar-refractivity contribution in [2.75, 3.05) is 6.61 Å². The van der Waals surface area contributed by atoms with E-state index in [1.807, 2.05) is 32.9 Å². The van der Waals surface area contributed by atoms with Crippen LogP contribution in [0.3, 0.4) is 0 Å². The zero-order valence-corrected chi connectivity index (χ0v) is 11.3. The molecule has 3 N–H and O–H groups in total. The molecule has 0 aliphatic heterocycles. The molecule has 0 aromatic heterocycles. The molecule has 1 rings (SSSR count). The molecule has 0 radical (unpaired) electrons. The lowest BCUT2D eigenvalue weighted by Gasteiger charge is -2.15. The van der Waals surface area contributed by atoms with Crippen LogP contribution >= 0.6 is 0 Å². The molecule has 0 unspecified atom stereocenters. The van der Waals surface area contributed by atoms with Gasteiger partial charge in [0.2, 0.25) is 5.91 Å². The Morgan fingerprint density at radius 2 is 2.22 bits per heavy atom. The van der Waals surface area contributed by atoms with E-state index < -0.39 is 0 Å². The van der Waals surface area contributed by atoms with Gasteiger partial charge in [-0.05, 0) is 32.4 Å². The number of primary amides is 1. The van der Waals surface area contributed by atoms with Gasteiger partial charge in [-0.25, -0.2) is 0 Å². The number of aryl methyl sites for hydroxylation is 1. The lowest BCUT2D eigenvalue weighted by atomic mass is 10.1. The number of hydrogen-bond donors (Lipinski definition) is 2. The third-order valence-corrected chi connectivity index (χ3v) is 2.67. The van der Waals surface area contributed by atoms with Crippen LogP contribution in [0.15, 0.2) is 18.2 Å². The number of rotatable bonds is 7. The molecule has 0 fully saturated rings. The van der Waals surface area contributed by atoms with Gasteiger partial charge in [0.1, 0.15) is 5.75 Å². The second-order valence-electron chi connectivity index (χ2n) is 4.50. The first-order valence-corrected chi connectivity index (χ1v) is 6.27. The number of carbonyl (C=O) groups excluding carboxylic acids is 1. The fourth-order valence-corrected chi connectivity index (χ4v) is 1.76. The van der Waals surface area contributed by atoms with Crippen LogP contribution in [0.4, 0.5) is 0 Å². The molecule has 1 atom stereocenters. The normalized spacial score (nSPS) is 12.2. The largest absolute Gasteiger partial charge is 0.494 e. The average Bonchev–Trinajstić information content (AvgIpc) is 2.27. The van der Waals surface area contributed by atoms with Crippen molar-refractivity contribution < 1.29 is 9.53 Å². The number of carbonyl (C=O) groups is 1. The van der Waals surface area contributed by atoms with E-state index >= 15 is 0 Å². The summed E-state index contributed by atoms with van der Waals surface area (Å²) in [4.78, 5) is 10.8. The van der Waals surface area contributed by atoms with E-state index in [-0.39, 0.29) is 11.9 Å². The molecule has 4 nitrogen and oxygen atoms in total. The van der Waals surface area contributed by atoms with Gasteiger partial charge in [0.25, 0.3) is 0 Å². The van der Waals surface area contributed by atoms with Gasteiger partial charge in [-0.3, -0.25) is 4.79 Å². The predicted octanol–water partition coefficient (Wildman–Crippen LogP) is 1.75. The lowest BCUT2D eigenvalue weighted by molar-refractivity contribution is -0.118. The Hall–Kier alpha value is -1.55. The molecule has 0 spiro atoms. The summed E-state index contributed by atoms with van der Waals surface area (Å²) in [5, 5.41) is 3.27. The molecular formula is C14H22N2O2. The lowest BCUT2D eigenvalue weighted by Crippen LogP contribution is -2.30. The zero-order chi connectivity index (χ0) is 13.5. The van der Waals surface area contributed by atoms with Crippen molar-refractivity contribution in [3.05, 3.63) is 29.3 Å². The molecular weight excluding hydrogens is 228 g/mol. The summed E-state index contributed by atoms with van der Waals surface area (Å²) >= 11 is 0. The van der Waals surface area contributed by atoms with Crippen LogP contribution in [0.25, 0.3) is 0 Å². The van der Waals surface area contributed by atoms with Gasteiger partial charge in [-0.15, -0.1) is 0 Å². The molecule has 0 aliphatic carbocycles. The Bertz CT molecular complexity index is 405. The maximum atomic E-state index is 10.8. The van der Waals surface area contributed by atoms with Crippen molar-refractivity contribution in [1.82, 2.24) is 5.32 Å². The Balaban J connectivity index is 2.63. The van der Waals surface area contributed by atoms with Crippen LogP contribution in [0.1, 0.15) is 31.4 Å². The molecule has 1 amide bonds. The highest BCUT2D eigenvalue weighted by Crippen LogP contribution is 2.20. The second kappa shape index (κ2) is 7.01. The third-order valence-electron chi connectivity index (χ3n) is 2.67. The minimum atomic E-state index is -0.288. The molecule has 4 heteroatoms. The van der Waals surface area contributed by atoms with Crippen molar-refractivity contribution in [2.24, 2.45) is 5.73 Å². The highest BCUT2D eigenvalue weighted by Gasteiger charge is 2.08. The van der Waals surface area contributed by atoms with Crippen molar-refractivity contribution in [3.8, 4) is 5.75 Å². The van der Waals surface area contributed by atoms with Gasteiger partial charge in [0, 0.05) is 24.6 Å². The van der Waals surface area contributed by atoms with E-state index in [0.29, 0.717) is 19.6 Å². The number of benzene rings is 1. The minimum Gasteiger partial charge on any atom is -0.494 e. The maximum absolute atomic E-state index is 10.8. The highest BCUT2D eigenvalue weighted by atomic mass is 16.5. The summed E-state index contributed by atoms with van der Waals surface area (Å²) in [7, 11) is 0. The zero-order valence-electron chi connectivity index (χ0n) is 11.3. The van der Waals surface area contributed by atoms with Gasteiger partial charge in [-0.2, -0.15) is 0 Å². The maximum Gasteiger partial charge on any atom is 0.218 e. The Labute approximate surface area is 109 Å². The standard InChI is InChI=1S/C14H22N2O2/c1-4-18-13-7-10(2)5-6-12(13)9-16-11(3)8-14(15)17/h5-7,11,16H,4,8-9H2,1-3H3,(H2,15,17)/t11-/m0/s1. The summed E-state index contributed by atoms with van der Waals surface area (Å²) in [6.07, 6.45) is 0.343. The van der Waals surface area contributed by atoms with E-state index in [1.54, 1.807) is 0 Å². The van der Waals surface area contributed by atoms with Crippen LogP contribution in [0.5, 0.6) is 5.75 Å². The average molecular weight is 250 g/mol. The molecule has 0 aliphatic rings. The summed E-state index contributed by atoms with van der Waals surface area (Å²) in [6.45, 7) is 7.27. The first kappa shape index (κ1) is 14.5. The van der Waals surface area contributed by atoms with Crippen LogP contribution in [-0.2, 0) is 11.3 Å². The molecule has 1 aromatic rings. The predicted molar refractivity (Wildman–Crippen MR) is 72.5 cm³/mol. The Kier molecular flexibility index (Phi) is 5.65. The summed E-state index contributed by atoms with van der Waals surface area (Å²) in [5.74, 6) is 0.611. The monoisotopic (exact) mass is 250 g/mol. The van der Waals surface area contributed by atoms with Gasteiger partial charge in [0.15, 0.2) is 0 Å². The minimum absolute atomic E-state index is 0.0679. The number of nitrogens with one attached hydrogen (secondary N) is 1. The third kappa shape index (κ3) is 4.75. The van der Waals surface area contributed by atoms with Crippen LogP contribution in [0.2, 0.25) is 0 Å². The van der Waals surface area contributed by atoms with Crippen molar-refractivity contribution >= 4 is 5.91 Å². The Morgan fingerprint density at radius 1 is 1.50 bits per heavy atom. The quantitative estimate of drug-likeness (QED) is 0.775. The van der Waals surface area contributed by atoms with Gasteiger partial charge >= 0.3 is 0 Å². The summed E-state index contributed by atoms with van der Waals surface area (Å²) < 4.78 is 5.60. The summed E-state index contributed by atoms with van der Waals surface area (Å²) in [5.41, 5.74) is 7.43. The highest BCUT2D eigenvalue weighted by molar-refractivity contribution is 5.74. The van der Waals surface area contributed by atoms with Crippen molar-refractivity contribution in [2.45, 2.75) is 39.8 Å². The van der Waals surface area contributed by atoms with E-state index in [0.717, 1.165) is 11.3 Å². The summed E-state index contributed by atoms with van der Waals surface area (Å²) in [6, 6.07) is 6.19. The number of amides is 1. The van der Waals surface area contributed by atoms with E-state index in [9.17, 15) is 4.79 Å². The topological polar surface area (TPSA) is 64.3 Å². The van der Waals surface area contributed by atoms with Gasteiger partial charge in [0.05, 0.1) is 6.61 Å². The van der Waals surface area contributed by atoms with E-state index in [2.05, 4.69) is 11.4 Å². The number of nitrogens with two attached hydrogens (primary N) is 1. The molecule has 0 bridgehead atoms. The number of ether oxygens (including phenoxy) is 1. The van der Waals surface area contributed by atoms with E-state index in [1.165, 1.54) is 5.56 Å². The molecule has 0 heterocycles. The molecule has 100 valence electrons. The van der Waals surface area contributed by atoms with E-state index in [4.69, 9.17) is 10.5 Å². The van der Waals surface area contributed by atoms with Crippen molar-refractivity contribution in [3.63, 3.8) is 0 Å². The SMILES string of the molecule is CCOc1cc(C)ccc1CN[C@@H](C)CC(N)=O. The van der Waals surface area contributed by atoms with Gasteiger partial charge < -0.3 is 15.8 Å². The van der Waals surface area contributed by atoms with Crippen LogP contribution < -0.4 is 15.8 Å². The molecule has 0 saturated heterocycles. The molecule has 18 heavy (non-hydrogen) atoms. The second-order valence-corrected chi connectivity index (χ2v) is 4.50. The fourth-order valence-electron chi connectivity index (χ4n) is 1.76. The smallest absolute Gasteiger partial charge is 0.218 e. The van der Waals surface area contributed by atoms with Crippen LogP contribution in [0, 0.1) is 6.92 Å². The van der Waals surface area contributed by atoms with Crippen LogP contribution in [-0.4, -0.2) is 18.6 Å². The Morgan fingerprint density at radius 3 is 2.83 bits per heavy atom. The molecule has 0 saturated carbocycles.